The van der Waals surface area contributed by atoms with Crippen LogP contribution >= 0.6 is 7.82 Å². The first-order chi connectivity index (χ1) is 26.0. The zero-order chi connectivity index (χ0) is 40.0. The molecule has 0 aromatic carbocycles. The first-order valence-electron chi connectivity index (χ1n) is 21.7. The van der Waals surface area contributed by atoms with Gasteiger partial charge in [-0.15, -0.1) is 0 Å². The molecular formula is C44H83NO8P+. The van der Waals surface area contributed by atoms with Crippen molar-refractivity contribution in [3.63, 3.8) is 0 Å². The van der Waals surface area contributed by atoms with Crippen LogP contribution in [0.2, 0.25) is 0 Å². The fourth-order valence-corrected chi connectivity index (χ4v) is 6.49. The van der Waals surface area contributed by atoms with Gasteiger partial charge in [-0.05, 0) is 38.5 Å². The monoisotopic (exact) mass is 785 g/mol. The number of carbonyl (C=O) groups is 2. The van der Waals surface area contributed by atoms with Gasteiger partial charge in [0.1, 0.15) is 19.8 Å². The highest BCUT2D eigenvalue weighted by Crippen LogP contribution is 2.43. The van der Waals surface area contributed by atoms with Crippen LogP contribution in [0.3, 0.4) is 0 Å². The van der Waals surface area contributed by atoms with E-state index in [-0.39, 0.29) is 32.0 Å². The highest BCUT2D eigenvalue weighted by Gasteiger charge is 2.27. The van der Waals surface area contributed by atoms with E-state index in [0.717, 1.165) is 38.5 Å². The summed E-state index contributed by atoms with van der Waals surface area (Å²) in [5.74, 6) is -0.883. The number of likely N-dealkylation sites (N-methyl/N-ethyl adjacent to an activating group) is 1. The van der Waals surface area contributed by atoms with E-state index in [1.54, 1.807) is 0 Å². The SMILES string of the molecule is CCCCCCCCC/C=C\C/C=C\C/C=C\CCC(=O)OC(COC(=O)CCCCCCCCCCCCCCC)COP(=O)(O)OCC[N+](C)(C)C. The van der Waals surface area contributed by atoms with Gasteiger partial charge >= 0.3 is 19.8 Å². The minimum Gasteiger partial charge on any atom is -0.462 e. The number of allylic oxidation sites excluding steroid dienone is 6. The van der Waals surface area contributed by atoms with Gasteiger partial charge < -0.3 is 18.9 Å². The molecular weight excluding hydrogens is 701 g/mol. The van der Waals surface area contributed by atoms with Crippen molar-refractivity contribution in [2.45, 2.75) is 187 Å². The number of quaternary nitrogens is 1. The molecule has 0 heterocycles. The maximum Gasteiger partial charge on any atom is 0.472 e. The number of carbonyl (C=O) groups excluding carboxylic acids is 2. The molecule has 10 heteroatoms. The number of rotatable bonds is 39. The molecule has 316 valence electrons. The number of phosphoric acid groups is 1. The van der Waals surface area contributed by atoms with Gasteiger partial charge in [0, 0.05) is 12.8 Å². The number of phosphoric ester groups is 1. The molecule has 0 spiro atoms. The van der Waals surface area contributed by atoms with Gasteiger partial charge in [0.05, 0.1) is 27.7 Å². The second kappa shape index (κ2) is 36.8. The Morgan fingerprint density at radius 3 is 1.56 bits per heavy atom. The number of nitrogens with zero attached hydrogens (tertiary/aromatic N) is 1. The second-order valence-electron chi connectivity index (χ2n) is 15.7. The number of ether oxygens (including phenoxy) is 2. The molecule has 0 bridgehead atoms. The van der Waals surface area contributed by atoms with Gasteiger partial charge in [-0.2, -0.15) is 0 Å². The van der Waals surface area contributed by atoms with Crippen LogP contribution in [0.5, 0.6) is 0 Å². The maximum atomic E-state index is 12.6. The molecule has 0 saturated carbocycles. The quantitative estimate of drug-likeness (QED) is 0.0216. The Morgan fingerprint density at radius 2 is 1.04 bits per heavy atom. The second-order valence-corrected chi connectivity index (χ2v) is 17.2. The Morgan fingerprint density at radius 1 is 0.574 bits per heavy atom. The summed E-state index contributed by atoms with van der Waals surface area (Å²) in [7, 11) is 1.44. The zero-order valence-electron chi connectivity index (χ0n) is 35.5. The van der Waals surface area contributed by atoms with Crippen molar-refractivity contribution in [2.24, 2.45) is 0 Å². The van der Waals surface area contributed by atoms with Crippen LogP contribution in [0.1, 0.15) is 181 Å². The molecule has 0 aliphatic carbocycles. The van der Waals surface area contributed by atoms with Gasteiger partial charge in [0.15, 0.2) is 6.10 Å². The first-order valence-corrected chi connectivity index (χ1v) is 23.2. The summed E-state index contributed by atoms with van der Waals surface area (Å²) in [6, 6.07) is 0. The van der Waals surface area contributed by atoms with E-state index in [4.69, 9.17) is 18.5 Å². The summed E-state index contributed by atoms with van der Waals surface area (Å²) < 4.78 is 34.2. The average Bonchev–Trinajstić information content (AvgIpc) is 3.12. The van der Waals surface area contributed by atoms with Crippen molar-refractivity contribution in [1.29, 1.82) is 0 Å². The molecule has 0 aliphatic rings. The standard InChI is InChI=1S/C44H82NO8P/c1-6-8-10-12-14-16-18-20-21-22-23-25-27-29-31-33-35-37-44(47)53-42(41-52-54(48,49)51-39-38-45(3,4)5)40-50-43(46)36-34-32-30-28-26-24-19-17-15-13-11-9-7-2/h21-22,25,27,31,33,42H,6-20,23-24,26,28-30,32,34-41H2,1-5H3/p+1/b22-21-,27-25-,33-31-. The van der Waals surface area contributed by atoms with Gasteiger partial charge in [0.2, 0.25) is 0 Å². The van der Waals surface area contributed by atoms with Crippen molar-refractivity contribution in [3.05, 3.63) is 36.5 Å². The van der Waals surface area contributed by atoms with Crippen LogP contribution < -0.4 is 0 Å². The zero-order valence-corrected chi connectivity index (χ0v) is 36.3. The number of esters is 2. The molecule has 1 N–H and O–H groups in total. The van der Waals surface area contributed by atoms with Crippen molar-refractivity contribution in [1.82, 2.24) is 0 Å². The Hall–Kier alpha value is -1.77. The lowest BCUT2D eigenvalue weighted by Gasteiger charge is -2.24. The highest BCUT2D eigenvalue weighted by atomic mass is 31.2. The van der Waals surface area contributed by atoms with E-state index in [1.807, 2.05) is 33.3 Å². The normalized spacial score (nSPS) is 14.0. The summed E-state index contributed by atoms with van der Waals surface area (Å²) in [4.78, 5) is 35.3. The molecule has 0 saturated heterocycles. The van der Waals surface area contributed by atoms with Crippen molar-refractivity contribution in [3.8, 4) is 0 Å². The average molecular weight is 785 g/mol. The van der Waals surface area contributed by atoms with E-state index >= 15 is 0 Å². The Bertz CT molecular complexity index is 1020. The third kappa shape index (κ3) is 39.9. The largest absolute Gasteiger partial charge is 0.472 e. The fraction of sp³-hybridized carbons (Fsp3) is 0.818. The summed E-state index contributed by atoms with van der Waals surface area (Å²) in [6.07, 6.45) is 40.6. The molecule has 0 rings (SSSR count). The van der Waals surface area contributed by atoms with Crippen LogP contribution in [0.15, 0.2) is 36.5 Å². The Labute approximate surface area is 331 Å². The lowest BCUT2D eigenvalue weighted by atomic mass is 10.0. The smallest absolute Gasteiger partial charge is 0.462 e. The Kier molecular flexibility index (Phi) is 35.6. The van der Waals surface area contributed by atoms with E-state index in [9.17, 15) is 19.0 Å². The molecule has 0 amide bonds. The molecule has 0 aliphatic heterocycles. The molecule has 0 radical (unpaired) electrons. The number of unbranched alkanes of at least 4 members (excludes halogenated alkanes) is 19. The third-order valence-electron chi connectivity index (χ3n) is 9.19. The third-order valence-corrected chi connectivity index (χ3v) is 10.2. The lowest BCUT2D eigenvalue weighted by molar-refractivity contribution is -0.870. The van der Waals surface area contributed by atoms with Gasteiger partial charge in [-0.1, -0.05) is 166 Å². The van der Waals surface area contributed by atoms with Gasteiger partial charge in [-0.25, -0.2) is 4.57 Å². The number of hydrogen-bond donors (Lipinski definition) is 1. The summed E-state index contributed by atoms with van der Waals surface area (Å²) >= 11 is 0. The maximum absolute atomic E-state index is 12.6. The molecule has 54 heavy (non-hydrogen) atoms. The predicted octanol–water partition coefficient (Wildman–Crippen LogP) is 12.1. The van der Waals surface area contributed by atoms with Gasteiger partial charge in [0.25, 0.3) is 0 Å². The van der Waals surface area contributed by atoms with Crippen LogP contribution in [-0.2, 0) is 32.7 Å². The number of hydrogen-bond acceptors (Lipinski definition) is 7. The lowest BCUT2D eigenvalue weighted by Crippen LogP contribution is -2.37. The van der Waals surface area contributed by atoms with Crippen molar-refractivity contribution in [2.75, 3.05) is 47.5 Å². The summed E-state index contributed by atoms with van der Waals surface area (Å²) in [6.45, 7) is 4.34. The van der Waals surface area contributed by atoms with Crippen LogP contribution in [0.25, 0.3) is 0 Å². The van der Waals surface area contributed by atoms with E-state index in [2.05, 4.69) is 38.2 Å². The van der Waals surface area contributed by atoms with E-state index in [1.165, 1.54) is 109 Å². The molecule has 2 atom stereocenters. The molecule has 0 aromatic rings. The summed E-state index contributed by atoms with van der Waals surface area (Å²) in [5.41, 5.74) is 0. The van der Waals surface area contributed by atoms with Crippen LogP contribution in [-0.4, -0.2) is 74.9 Å². The van der Waals surface area contributed by atoms with E-state index < -0.39 is 26.5 Å². The van der Waals surface area contributed by atoms with Crippen LogP contribution in [0, 0.1) is 0 Å². The molecule has 0 aromatic heterocycles. The van der Waals surface area contributed by atoms with Gasteiger partial charge in [-0.3, -0.25) is 18.6 Å². The molecule has 2 unspecified atom stereocenters. The highest BCUT2D eigenvalue weighted by molar-refractivity contribution is 7.47. The summed E-state index contributed by atoms with van der Waals surface area (Å²) in [5, 5.41) is 0. The molecule has 9 nitrogen and oxygen atoms in total. The fourth-order valence-electron chi connectivity index (χ4n) is 5.75. The first kappa shape index (κ1) is 52.2. The predicted molar refractivity (Wildman–Crippen MR) is 224 cm³/mol. The minimum absolute atomic E-state index is 0.0212. The minimum atomic E-state index is -4.39. The van der Waals surface area contributed by atoms with Crippen molar-refractivity contribution >= 4 is 19.8 Å². The topological polar surface area (TPSA) is 108 Å². The van der Waals surface area contributed by atoms with Crippen molar-refractivity contribution < 1.29 is 42.1 Å². The Balaban J connectivity index is 4.47. The van der Waals surface area contributed by atoms with Crippen LogP contribution in [0.4, 0.5) is 0 Å². The molecule has 0 fully saturated rings. The van der Waals surface area contributed by atoms with E-state index in [0.29, 0.717) is 17.4 Å².